The van der Waals surface area contributed by atoms with Gasteiger partial charge in [0.15, 0.2) is 0 Å². The summed E-state index contributed by atoms with van der Waals surface area (Å²) in [6.07, 6.45) is 0. The summed E-state index contributed by atoms with van der Waals surface area (Å²) < 4.78 is 0. The number of rotatable bonds is 6. The lowest BCUT2D eigenvalue weighted by Gasteiger charge is -2.13. The Labute approximate surface area is 172 Å². The predicted octanol–water partition coefficient (Wildman–Crippen LogP) is 5.12. The molecule has 0 radical (unpaired) electrons. The van der Waals surface area contributed by atoms with Crippen molar-refractivity contribution in [1.29, 1.82) is 0 Å². The van der Waals surface area contributed by atoms with Crippen molar-refractivity contribution in [3.05, 3.63) is 96.6 Å². The minimum atomic E-state index is -0.946. The molecule has 1 aromatic heterocycles. The zero-order valence-electron chi connectivity index (χ0n) is 15.3. The molecule has 1 N–H and O–H groups in total. The number of thioether (sulfide) groups is 1. The number of carboxylic acid groups (broad SMARTS) is 1. The smallest absolute Gasteiger partial charge is 0.321 e. The first kappa shape index (κ1) is 18.8. The van der Waals surface area contributed by atoms with E-state index >= 15 is 0 Å². The molecule has 4 rings (SSSR count). The maximum atomic E-state index is 11.9. The fraction of sp³-hybridized carbons (Fsp3) is 0.0435. The standard InChI is InChI=1S/C23H17N3O2S/c27-22(28)21(18-14-8-3-9-15-18)29-23-24-19(16-10-4-1-5-11-16)20(25-26-23)17-12-6-2-7-13-17/h1-15,21H,(H,27,28). The Morgan fingerprint density at radius 3 is 1.79 bits per heavy atom. The monoisotopic (exact) mass is 399 g/mol. The largest absolute Gasteiger partial charge is 0.480 e. The normalized spacial score (nSPS) is 11.7. The average molecular weight is 399 g/mol. The van der Waals surface area contributed by atoms with Gasteiger partial charge in [0.1, 0.15) is 16.6 Å². The van der Waals surface area contributed by atoms with E-state index in [1.54, 1.807) is 12.1 Å². The van der Waals surface area contributed by atoms with Crippen molar-refractivity contribution in [3.63, 3.8) is 0 Å². The molecule has 142 valence electrons. The minimum absolute atomic E-state index is 0.319. The molecule has 6 heteroatoms. The average Bonchev–Trinajstić information content (AvgIpc) is 2.79. The van der Waals surface area contributed by atoms with E-state index in [0.717, 1.165) is 22.9 Å². The molecule has 0 saturated heterocycles. The number of hydrogen-bond acceptors (Lipinski definition) is 5. The topological polar surface area (TPSA) is 76.0 Å². The Hall–Kier alpha value is -3.51. The maximum Gasteiger partial charge on any atom is 0.321 e. The molecule has 0 aliphatic heterocycles. The highest BCUT2D eigenvalue weighted by atomic mass is 32.2. The molecular formula is C23H17N3O2S. The van der Waals surface area contributed by atoms with Crippen molar-refractivity contribution in [2.75, 3.05) is 0 Å². The molecule has 0 spiro atoms. The van der Waals surface area contributed by atoms with Crippen LogP contribution in [0.3, 0.4) is 0 Å². The van der Waals surface area contributed by atoms with Gasteiger partial charge in [0.25, 0.3) is 0 Å². The van der Waals surface area contributed by atoms with Gasteiger partial charge in [0.05, 0.1) is 0 Å². The van der Waals surface area contributed by atoms with Gasteiger partial charge in [-0.25, -0.2) is 4.98 Å². The molecule has 0 amide bonds. The van der Waals surface area contributed by atoms with Crippen LogP contribution in [0.25, 0.3) is 22.5 Å². The SMILES string of the molecule is O=C(O)C(Sc1nnc(-c2ccccc2)c(-c2ccccc2)n1)c1ccccc1. The summed E-state index contributed by atoms with van der Waals surface area (Å²) in [7, 11) is 0. The quantitative estimate of drug-likeness (QED) is 0.453. The van der Waals surface area contributed by atoms with E-state index in [0.29, 0.717) is 22.1 Å². The molecule has 0 aliphatic carbocycles. The molecule has 4 aromatic rings. The van der Waals surface area contributed by atoms with Crippen molar-refractivity contribution >= 4 is 17.7 Å². The zero-order valence-corrected chi connectivity index (χ0v) is 16.2. The highest BCUT2D eigenvalue weighted by Crippen LogP contribution is 2.36. The molecule has 0 bridgehead atoms. The van der Waals surface area contributed by atoms with E-state index in [4.69, 9.17) is 4.98 Å². The zero-order chi connectivity index (χ0) is 20.1. The lowest BCUT2D eigenvalue weighted by molar-refractivity contribution is -0.136. The second kappa shape index (κ2) is 8.67. The van der Waals surface area contributed by atoms with Crippen molar-refractivity contribution in [2.45, 2.75) is 10.4 Å². The Kier molecular flexibility index (Phi) is 5.63. The van der Waals surface area contributed by atoms with Gasteiger partial charge < -0.3 is 5.11 Å². The summed E-state index contributed by atoms with van der Waals surface area (Å²) >= 11 is 1.08. The van der Waals surface area contributed by atoms with Gasteiger partial charge in [-0.05, 0) is 5.56 Å². The molecule has 1 heterocycles. The van der Waals surface area contributed by atoms with Crippen LogP contribution < -0.4 is 0 Å². The van der Waals surface area contributed by atoms with Crippen molar-refractivity contribution < 1.29 is 9.90 Å². The summed E-state index contributed by atoms with van der Waals surface area (Å²) in [6, 6.07) is 28.5. The van der Waals surface area contributed by atoms with Crippen LogP contribution in [0.4, 0.5) is 0 Å². The van der Waals surface area contributed by atoms with E-state index < -0.39 is 11.2 Å². The lowest BCUT2D eigenvalue weighted by Crippen LogP contribution is -2.09. The number of aromatic nitrogens is 3. The Bertz CT molecular complexity index is 1110. The first-order valence-corrected chi connectivity index (χ1v) is 9.90. The van der Waals surface area contributed by atoms with Crippen LogP contribution in [0, 0.1) is 0 Å². The Morgan fingerprint density at radius 1 is 0.724 bits per heavy atom. The molecular weight excluding hydrogens is 382 g/mol. The third-order valence-electron chi connectivity index (χ3n) is 4.31. The highest BCUT2D eigenvalue weighted by molar-refractivity contribution is 8.00. The molecule has 0 saturated carbocycles. The van der Waals surface area contributed by atoms with Crippen LogP contribution >= 0.6 is 11.8 Å². The van der Waals surface area contributed by atoms with Crippen molar-refractivity contribution in [1.82, 2.24) is 15.2 Å². The van der Waals surface area contributed by atoms with Crippen molar-refractivity contribution in [2.24, 2.45) is 0 Å². The van der Waals surface area contributed by atoms with Gasteiger partial charge in [0.2, 0.25) is 5.16 Å². The van der Waals surface area contributed by atoms with Gasteiger partial charge in [-0.2, -0.15) is 0 Å². The lowest BCUT2D eigenvalue weighted by atomic mass is 10.0. The molecule has 1 atom stereocenters. The molecule has 0 aliphatic rings. The van der Waals surface area contributed by atoms with Gasteiger partial charge in [-0.3, -0.25) is 4.79 Å². The van der Waals surface area contributed by atoms with Crippen LogP contribution in [-0.4, -0.2) is 26.3 Å². The molecule has 29 heavy (non-hydrogen) atoms. The third-order valence-corrected chi connectivity index (χ3v) is 5.40. The fourth-order valence-electron chi connectivity index (χ4n) is 2.94. The van der Waals surface area contributed by atoms with Crippen LogP contribution in [0.15, 0.2) is 96.2 Å². The number of nitrogens with zero attached hydrogens (tertiary/aromatic N) is 3. The number of aliphatic carboxylic acids is 1. The van der Waals surface area contributed by atoms with Gasteiger partial charge in [0, 0.05) is 11.1 Å². The summed E-state index contributed by atoms with van der Waals surface area (Å²) in [5.41, 5.74) is 3.82. The molecule has 5 nitrogen and oxygen atoms in total. The third kappa shape index (κ3) is 4.33. The number of hydrogen-bond donors (Lipinski definition) is 1. The Balaban J connectivity index is 1.77. The summed E-state index contributed by atoms with van der Waals surface area (Å²) in [6.45, 7) is 0. The summed E-state index contributed by atoms with van der Waals surface area (Å²) in [4.78, 5) is 16.5. The van der Waals surface area contributed by atoms with Crippen molar-refractivity contribution in [3.8, 4) is 22.5 Å². The summed E-state index contributed by atoms with van der Waals surface area (Å²) in [5.74, 6) is -0.946. The first-order valence-electron chi connectivity index (χ1n) is 9.02. The van der Waals surface area contributed by atoms with E-state index in [2.05, 4.69) is 10.2 Å². The molecule has 3 aromatic carbocycles. The van der Waals surface area contributed by atoms with Crippen LogP contribution in [0.2, 0.25) is 0 Å². The van der Waals surface area contributed by atoms with Gasteiger partial charge in [-0.15, -0.1) is 10.2 Å². The number of benzene rings is 3. The second-order valence-corrected chi connectivity index (χ2v) is 7.34. The fourth-order valence-corrected chi connectivity index (χ4v) is 3.78. The van der Waals surface area contributed by atoms with E-state index in [1.165, 1.54) is 0 Å². The summed E-state index contributed by atoms with van der Waals surface area (Å²) in [5, 5.41) is 17.8. The van der Waals surface area contributed by atoms with E-state index in [9.17, 15) is 9.90 Å². The van der Waals surface area contributed by atoms with Gasteiger partial charge in [-0.1, -0.05) is 103 Å². The molecule has 0 fully saturated rings. The van der Waals surface area contributed by atoms with E-state index in [-0.39, 0.29) is 0 Å². The maximum absolute atomic E-state index is 11.9. The number of carboxylic acids is 1. The van der Waals surface area contributed by atoms with Crippen LogP contribution in [0.1, 0.15) is 10.8 Å². The van der Waals surface area contributed by atoms with Crippen LogP contribution in [0.5, 0.6) is 0 Å². The number of carbonyl (C=O) groups is 1. The van der Waals surface area contributed by atoms with Crippen LogP contribution in [-0.2, 0) is 4.79 Å². The van der Waals surface area contributed by atoms with Gasteiger partial charge >= 0.3 is 5.97 Å². The second-order valence-electron chi connectivity index (χ2n) is 6.27. The Morgan fingerprint density at radius 2 is 1.24 bits per heavy atom. The first-order chi connectivity index (χ1) is 14.2. The highest BCUT2D eigenvalue weighted by Gasteiger charge is 2.24. The minimum Gasteiger partial charge on any atom is -0.480 e. The van der Waals surface area contributed by atoms with E-state index in [1.807, 2.05) is 78.9 Å². The molecule has 1 unspecified atom stereocenters. The predicted molar refractivity (Wildman–Crippen MR) is 113 cm³/mol.